The third-order valence-corrected chi connectivity index (χ3v) is 5.91. The molecular formula is C21H21ClFN3O2. The summed E-state index contributed by atoms with van der Waals surface area (Å²) in [5.74, 6) is -0.597. The van der Waals surface area contributed by atoms with Gasteiger partial charge in [0.1, 0.15) is 5.82 Å². The number of nitrogens with zero attached hydrogens (tertiary/aromatic N) is 2. The van der Waals surface area contributed by atoms with Gasteiger partial charge in [-0.25, -0.2) is 4.39 Å². The van der Waals surface area contributed by atoms with Crippen LogP contribution >= 0.6 is 11.6 Å². The van der Waals surface area contributed by atoms with Crippen molar-refractivity contribution < 1.29 is 14.0 Å². The maximum Gasteiger partial charge on any atom is 0.256 e. The normalized spacial score (nSPS) is 23.5. The number of carbonyl (C=O) groups is 2. The molecule has 1 aromatic carbocycles. The first-order valence-corrected chi connectivity index (χ1v) is 9.82. The van der Waals surface area contributed by atoms with Crippen molar-refractivity contribution in [2.24, 2.45) is 11.8 Å². The van der Waals surface area contributed by atoms with Crippen LogP contribution in [0.1, 0.15) is 28.9 Å². The van der Waals surface area contributed by atoms with Crippen molar-refractivity contribution in [3.63, 3.8) is 0 Å². The smallest absolute Gasteiger partial charge is 0.256 e. The van der Waals surface area contributed by atoms with Crippen LogP contribution in [0.3, 0.4) is 0 Å². The third kappa shape index (κ3) is 3.87. The van der Waals surface area contributed by atoms with Gasteiger partial charge in [0, 0.05) is 36.0 Å². The Morgan fingerprint density at radius 2 is 1.93 bits per heavy atom. The Hall–Kier alpha value is -2.47. The van der Waals surface area contributed by atoms with Crippen molar-refractivity contribution in [2.45, 2.75) is 25.3 Å². The molecule has 1 saturated heterocycles. The molecule has 7 heteroatoms. The van der Waals surface area contributed by atoms with Gasteiger partial charge in [-0.2, -0.15) is 0 Å². The lowest BCUT2D eigenvalue weighted by Gasteiger charge is -2.38. The molecule has 1 saturated carbocycles. The largest absolute Gasteiger partial charge is 0.352 e. The number of nitrogens with one attached hydrogen (secondary N) is 1. The standard InChI is InChI=1S/C21H21ClFN3O2/c22-15-6-7-17(18(23)9-15)21(28)26-11-13-4-5-14(12-26)20(13)25-19(27)10-16-3-1-2-8-24-16/h1-3,6-9,13-14,20H,4-5,10-12H2,(H,25,27)/t13-,14+,20?. The molecule has 1 aliphatic heterocycles. The highest BCUT2D eigenvalue weighted by Gasteiger charge is 2.44. The second kappa shape index (κ2) is 7.87. The topological polar surface area (TPSA) is 62.3 Å². The highest BCUT2D eigenvalue weighted by Crippen LogP contribution is 2.37. The van der Waals surface area contributed by atoms with Crippen molar-refractivity contribution >= 4 is 23.4 Å². The van der Waals surface area contributed by atoms with Gasteiger partial charge in [0.15, 0.2) is 0 Å². The molecule has 4 rings (SSSR count). The first kappa shape index (κ1) is 18.9. The lowest BCUT2D eigenvalue weighted by Crippen LogP contribution is -2.54. The fraction of sp³-hybridized carbons (Fsp3) is 0.381. The van der Waals surface area contributed by atoms with Crippen molar-refractivity contribution in [2.75, 3.05) is 13.1 Å². The minimum Gasteiger partial charge on any atom is -0.352 e. The molecule has 2 aromatic rings. The predicted octanol–water partition coefficient (Wildman–Crippen LogP) is 3.08. The van der Waals surface area contributed by atoms with Crippen LogP contribution in [0.2, 0.25) is 5.02 Å². The zero-order valence-corrected chi connectivity index (χ0v) is 16.0. The van der Waals surface area contributed by atoms with Gasteiger partial charge in [0.05, 0.1) is 12.0 Å². The number of rotatable bonds is 4. The molecule has 5 nitrogen and oxygen atoms in total. The van der Waals surface area contributed by atoms with E-state index in [9.17, 15) is 14.0 Å². The summed E-state index contributed by atoms with van der Waals surface area (Å²) >= 11 is 5.78. The zero-order chi connectivity index (χ0) is 19.7. The molecule has 146 valence electrons. The Morgan fingerprint density at radius 1 is 1.18 bits per heavy atom. The Bertz CT molecular complexity index is 878. The Kier molecular flexibility index (Phi) is 5.31. The van der Waals surface area contributed by atoms with E-state index in [2.05, 4.69) is 10.3 Å². The van der Waals surface area contributed by atoms with Crippen molar-refractivity contribution in [1.29, 1.82) is 0 Å². The molecule has 1 N–H and O–H groups in total. The van der Waals surface area contributed by atoms with Crippen LogP contribution in [0.5, 0.6) is 0 Å². The van der Waals surface area contributed by atoms with E-state index < -0.39 is 5.82 Å². The monoisotopic (exact) mass is 401 g/mol. The number of fused-ring (bicyclic) bond motifs is 2. The van der Waals surface area contributed by atoms with E-state index in [0.29, 0.717) is 13.1 Å². The van der Waals surface area contributed by atoms with Crippen LogP contribution < -0.4 is 5.32 Å². The summed E-state index contributed by atoms with van der Waals surface area (Å²) < 4.78 is 14.1. The molecule has 28 heavy (non-hydrogen) atoms. The fourth-order valence-corrected chi connectivity index (χ4v) is 4.52. The van der Waals surface area contributed by atoms with E-state index >= 15 is 0 Å². The van der Waals surface area contributed by atoms with Crippen LogP contribution in [0.15, 0.2) is 42.6 Å². The number of halogens is 2. The first-order chi connectivity index (χ1) is 13.5. The number of pyridine rings is 1. The van der Waals surface area contributed by atoms with E-state index in [1.807, 2.05) is 18.2 Å². The highest BCUT2D eigenvalue weighted by molar-refractivity contribution is 6.30. The van der Waals surface area contributed by atoms with Crippen molar-refractivity contribution in [3.8, 4) is 0 Å². The molecule has 2 bridgehead atoms. The van der Waals surface area contributed by atoms with E-state index in [0.717, 1.165) is 24.6 Å². The molecule has 1 aliphatic carbocycles. The molecule has 3 atom stereocenters. The summed E-state index contributed by atoms with van der Waals surface area (Å²) in [6, 6.07) is 9.68. The number of carbonyl (C=O) groups excluding carboxylic acids is 2. The van der Waals surface area contributed by atoms with Gasteiger partial charge < -0.3 is 10.2 Å². The third-order valence-electron chi connectivity index (χ3n) is 5.68. The highest BCUT2D eigenvalue weighted by atomic mass is 35.5. The number of likely N-dealkylation sites (tertiary alicyclic amines) is 1. The number of aromatic nitrogens is 1. The summed E-state index contributed by atoms with van der Waals surface area (Å²) in [5.41, 5.74) is 0.777. The molecule has 0 radical (unpaired) electrons. The van der Waals surface area contributed by atoms with Crippen LogP contribution in [0.25, 0.3) is 0 Å². The maximum absolute atomic E-state index is 14.1. The molecule has 2 aliphatic rings. The van der Waals surface area contributed by atoms with E-state index in [1.54, 1.807) is 11.1 Å². The number of hydrogen-bond acceptors (Lipinski definition) is 3. The maximum atomic E-state index is 14.1. The van der Waals surface area contributed by atoms with Gasteiger partial charge in [-0.05, 0) is 55.0 Å². The Balaban J connectivity index is 1.40. The lowest BCUT2D eigenvalue weighted by molar-refractivity contribution is -0.122. The Labute approximate surface area is 167 Å². The van der Waals surface area contributed by atoms with Gasteiger partial charge in [-0.3, -0.25) is 14.6 Å². The molecule has 0 spiro atoms. The van der Waals surface area contributed by atoms with Gasteiger partial charge in [-0.15, -0.1) is 0 Å². The first-order valence-electron chi connectivity index (χ1n) is 9.45. The van der Waals surface area contributed by atoms with Crippen LogP contribution in [0.4, 0.5) is 4.39 Å². The van der Waals surface area contributed by atoms with Gasteiger partial charge in [0.25, 0.3) is 5.91 Å². The number of piperidine rings is 1. The molecule has 1 unspecified atom stereocenters. The summed E-state index contributed by atoms with van der Waals surface area (Å²) in [4.78, 5) is 31.1. The summed E-state index contributed by atoms with van der Waals surface area (Å²) in [6.45, 7) is 1.04. The molecular weight excluding hydrogens is 381 g/mol. The quantitative estimate of drug-likeness (QED) is 0.856. The second-order valence-corrected chi connectivity index (χ2v) is 7.96. The van der Waals surface area contributed by atoms with Gasteiger partial charge in [-0.1, -0.05) is 17.7 Å². The average molecular weight is 402 g/mol. The number of hydrogen-bond donors (Lipinski definition) is 1. The van der Waals surface area contributed by atoms with Crippen LogP contribution in [-0.2, 0) is 11.2 Å². The van der Waals surface area contributed by atoms with Crippen LogP contribution in [-0.4, -0.2) is 40.8 Å². The van der Waals surface area contributed by atoms with Crippen molar-refractivity contribution in [3.05, 3.63) is 64.7 Å². The van der Waals surface area contributed by atoms with Gasteiger partial charge in [0.2, 0.25) is 5.91 Å². The predicted molar refractivity (Wildman–Crippen MR) is 103 cm³/mol. The number of benzene rings is 1. The molecule has 2 amide bonds. The van der Waals surface area contributed by atoms with E-state index in [-0.39, 0.29) is 46.7 Å². The molecule has 1 aromatic heterocycles. The number of amides is 2. The molecule has 2 heterocycles. The summed E-state index contributed by atoms with van der Waals surface area (Å²) in [7, 11) is 0. The van der Waals surface area contributed by atoms with E-state index in [1.165, 1.54) is 12.1 Å². The second-order valence-electron chi connectivity index (χ2n) is 7.52. The Morgan fingerprint density at radius 3 is 2.57 bits per heavy atom. The summed E-state index contributed by atoms with van der Waals surface area (Å²) in [5, 5.41) is 3.41. The lowest BCUT2D eigenvalue weighted by atomic mass is 9.91. The average Bonchev–Trinajstić information content (AvgIpc) is 2.89. The molecule has 2 fully saturated rings. The van der Waals surface area contributed by atoms with Gasteiger partial charge >= 0.3 is 0 Å². The SMILES string of the molecule is O=C(Cc1ccccn1)NC1[C@@H]2CC[C@H]1CN(C(=O)c1ccc(Cl)cc1F)C2. The van der Waals surface area contributed by atoms with E-state index in [4.69, 9.17) is 11.6 Å². The zero-order valence-electron chi connectivity index (χ0n) is 15.3. The minimum atomic E-state index is -0.601. The summed E-state index contributed by atoms with van der Waals surface area (Å²) in [6.07, 6.45) is 3.82. The van der Waals surface area contributed by atoms with Crippen molar-refractivity contribution in [1.82, 2.24) is 15.2 Å². The van der Waals surface area contributed by atoms with Crippen LogP contribution in [0, 0.1) is 17.7 Å². The fourth-order valence-electron chi connectivity index (χ4n) is 4.36. The minimum absolute atomic E-state index is 0.0430.